The van der Waals surface area contributed by atoms with Gasteiger partial charge in [-0.25, -0.2) is 0 Å². The second-order valence-electron chi connectivity index (χ2n) is 6.43. The van der Waals surface area contributed by atoms with E-state index in [0.717, 1.165) is 18.7 Å². The SMILES string of the molecule is CC(Oc1ccc(Cl)cc1C(N)=O)c1cccc(C(=O)N2CCNCC2)c1. The number of benzene rings is 2. The minimum atomic E-state index is -0.609. The van der Waals surface area contributed by atoms with E-state index in [2.05, 4.69) is 5.32 Å². The van der Waals surface area contributed by atoms with Gasteiger partial charge < -0.3 is 20.7 Å². The number of primary amides is 1. The van der Waals surface area contributed by atoms with Gasteiger partial charge in [-0.05, 0) is 42.8 Å². The summed E-state index contributed by atoms with van der Waals surface area (Å²) in [5.41, 5.74) is 7.09. The number of halogens is 1. The number of nitrogens with two attached hydrogens (primary N) is 1. The zero-order valence-corrected chi connectivity index (χ0v) is 15.8. The Morgan fingerprint density at radius 2 is 1.93 bits per heavy atom. The molecule has 0 aromatic heterocycles. The predicted molar refractivity (Wildman–Crippen MR) is 104 cm³/mol. The van der Waals surface area contributed by atoms with Gasteiger partial charge in [-0.2, -0.15) is 0 Å². The molecule has 1 saturated heterocycles. The standard InChI is InChI=1S/C20H22ClN3O3/c1-13(27-18-6-5-16(21)12-17(18)19(22)25)14-3-2-4-15(11-14)20(26)24-9-7-23-8-10-24/h2-6,11-13,23H,7-10H2,1H3,(H2,22,25). The average molecular weight is 388 g/mol. The lowest BCUT2D eigenvalue weighted by atomic mass is 10.1. The smallest absolute Gasteiger partial charge is 0.253 e. The van der Waals surface area contributed by atoms with Gasteiger partial charge in [0.05, 0.1) is 5.56 Å². The fourth-order valence-corrected chi connectivity index (χ4v) is 3.20. The second kappa shape index (κ2) is 8.41. The predicted octanol–water partition coefficient (Wildman–Crippen LogP) is 2.62. The van der Waals surface area contributed by atoms with Crippen LogP contribution in [0.15, 0.2) is 42.5 Å². The third-order valence-electron chi connectivity index (χ3n) is 4.52. The Kier molecular flexibility index (Phi) is 5.98. The molecule has 3 rings (SSSR count). The van der Waals surface area contributed by atoms with Gasteiger partial charge in [0.2, 0.25) is 0 Å². The summed E-state index contributed by atoms with van der Waals surface area (Å²) < 4.78 is 5.93. The van der Waals surface area contributed by atoms with Gasteiger partial charge in [-0.3, -0.25) is 9.59 Å². The zero-order valence-electron chi connectivity index (χ0n) is 15.1. The lowest BCUT2D eigenvalue weighted by Crippen LogP contribution is -2.46. The number of nitrogens with zero attached hydrogens (tertiary/aromatic N) is 1. The highest BCUT2D eigenvalue weighted by atomic mass is 35.5. The molecule has 0 saturated carbocycles. The Hall–Kier alpha value is -2.57. The Morgan fingerprint density at radius 1 is 1.19 bits per heavy atom. The van der Waals surface area contributed by atoms with Crippen molar-refractivity contribution in [1.82, 2.24) is 10.2 Å². The maximum atomic E-state index is 12.7. The van der Waals surface area contributed by atoms with Gasteiger partial charge >= 0.3 is 0 Å². The van der Waals surface area contributed by atoms with Crippen molar-refractivity contribution in [2.24, 2.45) is 5.73 Å². The van der Waals surface area contributed by atoms with E-state index in [1.807, 2.05) is 30.0 Å². The van der Waals surface area contributed by atoms with E-state index >= 15 is 0 Å². The van der Waals surface area contributed by atoms with E-state index in [9.17, 15) is 9.59 Å². The van der Waals surface area contributed by atoms with Crippen LogP contribution in [0.3, 0.4) is 0 Å². The molecule has 1 atom stereocenters. The van der Waals surface area contributed by atoms with Gasteiger partial charge in [-0.15, -0.1) is 0 Å². The van der Waals surface area contributed by atoms with E-state index in [-0.39, 0.29) is 17.6 Å². The van der Waals surface area contributed by atoms with Crippen molar-refractivity contribution < 1.29 is 14.3 Å². The number of hydrogen-bond donors (Lipinski definition) is 2. The fraction of sp³-hybridized carbons (Fsp3) is 0.300. The maximum Gasteiger partial charge on any atom is 0.253 e. The number of carbonyl (C=O) groups is 2. The Bertz CT molecular complexity index is 850. The summed E-state index contributed by atoms with van der Waals surface area (Å²) in [5.74, 6) is -0.240. The molecule has 7 heteroatoms. The van der Waals surface area contributed by atoms with Crippen molar-refractivity contribution in [3.05, 3.63) is 64.2 Å². The first-order valence-corrected chi connectivity index (χ1v) is 9.19. The minimum absolute atomic E-state index is 0.00914. The molecule has 1 unspecified atom stereocenters. The molecular weight excluding hydrogens is 366 g/mol. The first-order valence-electron chi connectivity index (χ1n) is 8.81. The highest BCUT2D eigenvalue weighted by molar-refractivity contribution is 6.31. The number of rotatable bonds is 5. The van der Waals surface area contributed by atoms with Gasteiger partial charge in [0, 0.05) is 36.8 Å². The Balaban J connectivity index is 1.79. The molecule has 2 aromatic carbocycles. The van der Waals surface area contributed by atoms with E-state index in [0.29, 0.717) is 29.4 Å². The van der Waals surface area contributed by atoms with Crippen molar-refractivity contribution >= 4 is 23.4 Å². The third-order valence-corrected chi connectivity index (χ3v) is 4.75. The number of piperazine rings is 1. The number of carbonyl (C=O) groups excluding carboxylic acids is 2. The molecular formula is C20H22ClN3O3. The van der Waals surface area contributed by atoms with E-state index in [1.54, 1.807) is 18.2 Å². The van der Waals surface area contributed by atoms with Crippen molar-refractivity contribution in [3.63, 3.8) is 0 Å². The molecule has 27 heavy (non-hydrogen) atoms. The van der Waals surface area contributed by atoms with Crippen LogP contribution < -0.4 is 15.8 Å². The normalized spacial score (nSPS) is 15.3. The average Bonchev–Trinajstić information content (AvgIpc) is 2.69. The molecule has 2 amide bonds. The van der Waals surface area contributed by atoms with Crippen LogP contribution in [0.2, 0.25) is 5.02 Å². The number of hydrogen-bond acceptors (Lipinski definition) is 4. The van der Waals surface area contributed by atoms with Crippen LogP contribution in [0.5, 0.6) is 5.75 Å². The molecule has 2 aromatic rings. The first-order chi connectivity index (χ1) is 13.0. The molecule has 0 aliphatic carbocycles. The molecule has 1 aliphatic rings. The highest BCUT2D eigenvalue weighted by Crippen LogP contribution is 2.28. The van der Waals surface area contributed by atoms with Crippen molar-refractivity contribution in [3.8, 4) is 5.75 Å². The molecule has 0 spiro atoms. The molecule has 0 bridgehead atoms. The van der Waals surface area contributed by atoms with E-state index in [4.69, 9.17) is 22.1 Å². The van der Waals surface area contributed by atoms with Crippen LogP contribution in [0.25, 0.3) is 0 Å². The quantitative estimate of drug-likeness (QED) is 0.825. The number of nitrogens with one attached hydrogen (secondary N) is 1. The van der Waals surface area contributed by atoms with Gasteiger partial charge in [0.25, 0.3) is 11.8 Å². The first kappa shape index (κ1) is 19.2. The Labute approximate surface area is 163 Å². The second-order valence-corrected chi connectivity index (χ2v) is 6.87. The monoisotopic (exact) mass is 387 g/mol. The van der Waals surface area contributed by atoms with Gasteiger partial charge in [0.15, 0.2) is 0 Å². The molecule has 1 fully saturated rings. The van der Waals surface area contributed by atoms with Crippen molar-refractivity contribution in [2.75, 3.05) is 26.2 Å². The molecule has 142 valence electrons. The van der Waals surface area contributed by atoms with Crippen LogP contribution in [0, 0.1) is 0 Å². The number of ether oxygens (including phenoxy) is 1. The summed E-state index contributed by atoms with van der Waals surface area (Å²) >= 11 is 5.93. The van der Waals surface area contributed by atoms with Crippen molar-refractivity contribution in [1.29, 1.82) is 0 Å². The summed E-state index contributed by atoms with van der Waals surface area (Å²) in [4.78, 5) is 26.2. The van der Waals surface area contributed by atoms with Gasteiger partial charge in [0.1, 0.15) is 11.9 Å². The van der Waals surface area contributed by atoms with Crippen LogP contribution in [0.4, 0.5) is 0 Å². The fourth-order valence-electron chi connectivity index (χ4n) is 3.03. The lowest BCUT2D eigenvalue weighted by Gasteiger charge is -2.27. The lowest BCUT2D eigenvalue weighted by molar-refractivity contribution is 0.0735. The molecule has 1 heterocycles. The summed E-state index contributed by atoms with van der Waals surface area (Å²) in [6.07, 6.45) is -0.375. The maximum absolute atomic E-state index is 12.7. The number of amides is 2. The van der Waals surface area contributed by atoms with E-state index < -0.39 is 5.91 Å². The zero-order chi connectivity index (χ0) is 19.4. The topological polar surface area (TPSA) is 84.7 Å². The van der Waals surface area contributed by atoms with Crippen LogP contribution in [0.1, 0.15) is 39.3 Å². The summed E-state index contributed by atoms with van der Waals surface area (Å²) in [6, 6.07) is 12.1. The molecule has 6 nitrogen and oxygen atoms in total. The minimum Gasteiger partial charge on any atom is -0.485 e. The van der Waals surface area contributed by atoms with Crippen molar-refractivity contribution in [2.45, 2.75) is 13.0 Å². The largest absolute Gasteiger partial charge is 0.485 e. The molecule has 3 N–H and O–H groups in total. The van der Waals surface area contributed by atoms with Gasteiger partial charge in [-0.1, -0.05) is 23.7 Å². The Morgan fingerprint density at radius 3 is 2.63 bits per heavy atom. The summed E-state index contributed by atoms with van der Waals surface area (Å²) in [7, 11) is 0. The molecule has 0 radical (unpaired) electrons. The van der Waals surface area contributed by atoms with Crippen LogP contribution in [-0.2, 0) is 0 Å². The van der Waals surface area contributed by atoms with Crippen LogP contribution in [-0.4, -0.2) is 42.9 Å². The summed E-state index contributed by atoms with van der Waals surface area (Å²) in [6.45, 7) is 4.85. The van der Waals surface area contributed by atoms with Crippen LogP contribution >= 0.6 is 11.6 Å². The highest BCUT2D eigenvalue weighted by Gasteiger charge is 2.20. The molecule has 1 aliphatic heterocycles. The summed E-state index contributed by atoms with van der Waals surface area (Å²) in [5, 5.41) is 3.64. The van der Waals surface area contributed by atoms with E-state index in [1.165, 1.54) is 6.07 Å². The third kappa shape index (κ3) is 4.59.